The van der Waals surface area contributed by atoms with Crippen LogP contribution in [-0.4, -0.2) is 5.54 Å². The Morgan fingerprint density at radius 3 is 1.69 bits per heavy atom. The monoisotopic (exact) mass is 243 g/mol. The zero-order chi connectivity index (χ0) is 10.7. The molecule has 0 atom stereocenters. The lowest BCUT2D eigenvalue weighted by atomic mass is 9.48. The second-order valence-corrected chi connectivity index (χ2v) is 7.58. The largest absolute Gasteiger partial charge is 0.326 e. The van der Waals surface area contributed by atoms with E-state index in [1.165, 1.54) is 25.7 Å². The smallest absolute Gasteiger partial charge is 0.0102 e. The van der Waals surface area contributed by atoms with Gasteiger partial charge < -0.3 is 5.73 Å². The molecule has 16 heavy (non-hydrogen) atoms. The highest BCUT2D eigenvalue weighted by atomic mass is 35.5. The number of hydrogen-bond donors (Lipinski definition) is 1. The summed E-state index contributed by atoms with van der Waals surface area (Å²) < 4.78 is 0. The molecular formula is C14H26ClN. The summed E-state index contributed by atoms with van der Waals surface area (Å²) in [6.45, 7) is 4.43. The van der Waals surface area contributed by atoms with E-state index >= 15 is 0 Å². The Bertz CT molecular complexity index is 231. The van der Waals surface area contributed by atoms with Gasteiger partial charge in [0.05, 0.1) is 0 Å². The van der Waals surface area contributed by atoms with Crippen LogP contribution in [0.1, 0.15) is 58.8 Å². The molecule has 4 bridgehead atoms. The molecule has 4 fully saturated rings. The summed E-state index contributed by atoms with van der Waals surface area (Å²) in [5, 5.41) is 0. The quantitative estimate of drug-likeness (QED) is 0.786. The normalized spacial score (nSPS) is 45.6. The van der Waals surface area contributed by atoms with Gasteiger partial charge in [-0.2, -0.15) is 0 Å². The van der Waals surface area contributed by atoms with Crippen molar-refractivity contribution in [3.8, 4) is 0 Å². The summed E-state index contributed by atoms with van der Waals surface area (Å²) in [5.74, 6) is 3.20. The maximum absolute atomic E-state index is 6.26. The van der Waals surface area contributed by atoms with Crippen LogP contribution in [0.5, 0.6) is 0 Å². The van der Waals surface area contributed by atoms with E-state index in [2.05, 4.69) is 13.8 Å². The van der Waals surface area contributed by atoms with Crippen molar-refractivity contribution in [2.24, 2.45) is 28.9 Å². The molecule has 0 amide bonds. The molecule has 0 aliphatic heterocycles. The molecule has 0 saturated heterocycles. The second-order valence-electron chi connectivity index (χ2n) is 7.58. The highest BCUT2D eigenvalue weighted by molar-refractivity contribution is 5.85. The van der Waals surface area contributed by atoms with Crippen molar-refractivity contribution in [3.05, 3.63) is 0 Å². The number of rotatable bonds is 2. The van der Waals surface area contributed by atoms with Crippen LogP contribution in [0.4, 0.5) is 0 Å². The molecule has 0 heterocycles. The first-order valence-corrected chi connectivity index (χ1v) is 6.73. The van der Waals surface area contributed by atoms with Gasteiger partial charge >= 0.3 is 0 Å². The first-order chi connectivity index (χ1) is 6.94. The van der Waals surface area contributed by atoms with Crippen molar-refractivity contribution in [2.75, 3.05) is 0 Å². The zero-order valence-electron chi connectivity index (χ0n) is 10.7. The highest BCUT2D eigenvalue weighted by Gasteiger charge is 2.51. The van der Waals surface area contributed by atoms with Gasteiger partial charge in [-0.3, -0.25) is 0 Å². The number of hydrogen-bond acceptors (Lipinski definition) is 1. The third kappa shape index (κ3) is 2.26. The van der Waals surface area contributed by atoms with Gasteiger partial charge in [0.2, 0.25) is 0 Å². The molecule has 4 aliphatic carbocycles. The Morgan fingerprint density at radius 2 is 1.38 bits per heavy atom. The van der Waals surface area contributed by atoms with E-state index in [-0.39, 0.29) is 17.9 Å². The average Bonchev–Trinajstić information content (AvgIpc) is 1.94. The lowest BCUT2D eigenvalue weighted by Gasteiger charge is -2.58. The molecule has 94 valence electrons. The first kappa shape index (κ1) is 12.7. The van der Waals surface area contributed by atoms with Crippen molar-refractivity contribution in [1.82, 2.24) is 0 Å². The predicted molar refractivity (Wildman–Crippen MR) is 70.7 cm³/mol. The molecule has 4 saturated carbocycles. The van der Waals surface area contributed by atoms with Crippen LogP contribution in [0.25, 0.3) is 0 Å². The zero-order valence-corrected chi connectivity index (χ0v) is 11.5. The van der Waals surface area contributed by atoms with E-state index < -0.39 is 0 Å². The summed E-state index contributed by atoms with van der Waals surface area (Å²) in [4.78, 5) is 0. The van der Waals surface area contributed by atoms with Crippen LogP contribution < -0.4 is 5.73 Å². The van der Waals surface area contributed by atoms with E-state index in [4.69, 9.17) is 5.73 Å². The van der Waals surface area contributed by atoms with Crippen molar-refractivity contribution in [2.45, 2.75) is 64.3 Å². The molecule has 0 spiro atoms. The van der Waals surface area contributed by atoms with Crippen molar-refractivity contribution >= 4 is 12.4 Å². The van der Waals surface area contributed by atoms with E-state index in [1.54, 1.807) is 19.3 Å². The SMILES string of the molecule is CC(C)(N)CC12CC3CC(CC(C3)C1)C2.Cl. The van der Waals surface area contributed by atoms with Crippen molar-refractivity contribution in [3.63, 3.8) is 0 Å². The Balaban J connectivity index is 0.000000963. The minimum Gasteiger partial charge on any atom is -0.326 e. The van der Waals surface area contributed by atoms with Crippen LogP contribution in [0.2, 0.25) is 0 Å². The summed E-state index contributed by atoms with van der Waals surface area (Å²) in [5.41, 5.74) is 6.96. The lowest BCUT2D eigenvalue weighted by molar-refractivity contribution is -0.0655. The minimum absolute atomic E-state index is 0. The summed E-state index contributed by atoms with van der Waals surface area (Å²) in [7, 11) is 0. The molecule has 4 rings (SSSR count). The van der Waals surface area contributed by atoms with Crippen LogP contribution >= 0.6 is 12.4 Å². The van der Waals surface area contributed by atoms with Crippen LogP contribution in [0.3, 0.4) is 0 Å². The van der Waals surface area contributed by atoms with Gasteiger partial charge in [-0.15, -0.1) is 12.4 Å². The first-order valence-electron chi connectivity index (χ1n) is 6.73. The molecule has 1 nitrogen and oxygen atoms in total. The van der Waals surface area contributed by atoms with Crippen LogP contribution in [-0.2, 0) is 0 Å². The lowest BCUT2D eigenvalue weighted by Crippen LogP contribution is -2.50. The predicted octanol–water partition coefficient (Wildman–Crippen LogP) is 3.75. The van der Waals surface area contributed by atoms with Crippen LogP contribution in [0.15, 0.2) is 0 Å². The van der Waals surface area contributed by atoms with Gasteiger partial charge in [0.1, 0.15) is 0 Å². The molecule has 0 aromatic carbocycles. The Labute approximate surface area is 106 Å². The molecular weight excluding hydrogens is 218 g/mol. The van der Waals surface area contributed by atoms with Gasteiger partial charge in [-0.25, -0.2) is 0 Å². The molecule has 2 heteroatoms. The Hall–Kier alpha value is 0.250. The van der Waals surface area contributed by atoms with Gasteiger partial charge in [-0.1, -0.05) is 0 Å². The van der Waals surface area contributed by atoms with Gasteiger partial charge in [0.15, 0.2) is 0 Å². The van der Waals surface area contributed by atoms with Gasteiger partial charge in [-0.05, 0) is 82.0 Å². The Morgan fingerprint density at radius 1 is 1.00 bits per heavy atom. The van der Waals surface area contributed by atoms with Gasteiger partial charge in [0, 0.05) is 5.54 Å². The maximum Gasteiger partial charge on any atom is 0.0102 e. The number of halogens is 1. The average molecular weight is 244 g/mol. The van der Waals surface area contributed by atoms with E-state index in [1.807, 2.05) is 0 Å². The van der Waals surface area contributed by atoms with Crippen molar-refractivity contribution in [1.29, 1.82) is 0 Å². The summed E-state index contributed by atoms with van der Waals surface area (Å²) in [6.07, 6.45) is 10.4. The van der Waals surface area contributed by atoms with Gasteiger partial charge in [0.25, 0.3) is 0 Å². The Kier molecular flexibility index (Phi) is 3.08. The van der Waals surface area contributed by atoms with E-state index in [0.717, 1.165) is 17.8 Å². The van der Waals surface area contributed by atoms with Crippen molar-refractivity contribution < 1.29 is 0 Å². The number of nitrogens with two attached hydrogens (primary N) is 1. The molecule has 2 N–H and O–H groups in total. The third-order valence-electron chi connectivity index (χ3n) is 5.00. The standard InChI is InChI=1S/C14H25N.ClH/c1-13(2,15)9-14-6-10-3-11(7-14)5-12(4-10)8-14;/h10-12H,3-9,15H2,1-2H3;1H. The highest BCUT2D eigenvalue weighted by Crippen LogP contribution is 2.62. The van der Waals surface area contributed by atoms with E-state index in [0.29, 0.717) is 5.41 Å². The fraction of sp³-hybridized carbons (Fsp3) is 1.00. The second kappa shape index (κ2) is 3.88. The molecule has 0 aromatic rings. The fourth-order valence-electron chi connectivity index (χ4n) is 5.47. The fourth-order valence-corrected chi connectivity index (χ4v) is 5.47. The maximum atomic E-state index is 6.26. The summed E-state index contributed by atoms with van der Waals surface area (Å²) >= 11 is 0. The third-order valence-corrected chi connectivity index (χ3v) is 5.00. The molecule has 0 unspecified atom stereocenters. The van der Waals surface area contributed by atoms with E-state index in [9.17, 15) is 0 Å². The summed E-state index contributed by atoms with van der Waals surface area (Å²) in [6, 6.07) is 0. The topological polar surface area (TPSA) is 26.0 Å². The molecule has 4 aliphatic rings. The molecule has 0 radical (unpaired) electrons. The molecule has 0 aromatic heterocycles. The minimum atomic E-state index is 0. The van der Waals surface area contributed by atoms with Crippen LogP contribution in [0, 0.1) is 23.2 Å².